The highest BCUT2D eigenvalue weighted by Crippen LogP contribution is 2.17. The maximum absolute atomic E-state index is 12.0. The average molecular weight is 206 g/mol. The summed E-state index contributed by atoms with van der Waals surface area (Å²) in [5.41, 5.74) is 1.38. The molecular formula is C11H14N2O2. The van der Waals surface area contributed by atoms with Gasteiger partial charge in [-0.15, -0.1) is 0 Å². The van der Waals surface area contributed by atoms with E-state index in [0.717, 1.165) is 18.5 Å². The van der Waals surface area contributed by atoms with Crippen LogP contribution in [0.5, 0.6) is 0 Å². The van der Waals surface area contributed by atoms with E-state index in [1.807, 2.05) is 13.0 Å². The predicted octanol–water partition coefficient (Wildman–Crippen LogP) is 1.61. The van der Waals surface area contributed by atoms with Crippen LogP contribution >= 0.6 is 0 Å². The fourth-order valence-electron chi connectivity index (χ4n) is 1.67. The van der Waals surface area contributed by atoms with Crippen LogP contribution in [0.1, 0.15) is 28.9 Å². The first-order chi connectivity index (χ1) is 7.18. The van der Waals surface area contributed by atoms with Crippen molar-refractivity contribution < 1.29 is 9.53 Å². The van der Waals surface area contributed by atoms with Crippen molar-refractivity contribution in [3.05, 3.63) is 29.3 Å². The maximum Gasteiger partial charge on any atom is 0.230 e. The third kappa shape index (κ3) is 1.93. The molecule has 0 bridgehead atoms. The Labute approximate surface area is 88.5 Å². The van der Waals surface area contributed by atoms with Crippen molar-refractivity contribution in [3.8, 4) is 0 Å². The Morgan fingerprint density at radius 1 is 1.60 bits per heavy atom. The van der Waals surface area contributed by atoms with Gasteiger partial charge in [0, 0.05) is 13.2 Å². The van der Waals surface area contributed by atoms with Crippen molar-refractivity contribution in [2.24, 2.45) is 7.05 Å². The molecule has 0 saturated heterocycles. The number of carbonyl (C=O) groups is 1. The van der Waals surface area contributed by atoms with E-state index in [1.165, 1.54) is 0 Å². The zero-order valence-electron chi connectivity index (χ0n) is 8.99. The number of ketones is 1. The van der Waals surface area contributed by atoms with Gasteiger partial charge in [-0.3, -0.25) is 9.48 Å². The first kappa shape index (κ1) is 9.96. The van der Waals surface area contributed by atoms with Crippen LogP contribution in [0.15, 0.2) is 18.0 Å². The third-order valence-corrected chi connectivity index (χ3v) is 2.42. The number of aryl methyl sites for hydroxylation is 2. The molecule has 0 N–H and O–H groups in total. The van der Waals surface area contributed by atoms with E-state index < -0.39 is 0 Å². The van der Waals surface area contributed by atoms with Crippen molar-refractivity contribution in [1.29, 1.82) is 0 Å². The van der Waals surface area contributed by atoms with Crippen LogP contribution in [0, 0.1) is 6.92 Å². The van der Waals surface area contributed by atoms with Crippen LogP contribution in [0.2, 0.25) is 0 Å². The lowest BCUT2D eigenvalue weighted by molar-refractivity contribution is 0.0898. The number of hydrogen-bond donors (Lipinski definition) is 0. The number of carbonyl (C=O) groups excluding carboxylic acids is 1. The second kappa shape index (κ2) is 3.88. The van der Waals surface area contributed by atoms with Crippen molar-refractivity contribution in [3.63, 3.8) is 0 Å². The summed E-state index contributed by atoms with van der Waals surface area (Å²) in [7, 11) is 1.81. The monoisotopic (exact) mass is 206 g/mol. The summed E-state index contributed by atoms with van der Waals surface area (Å²) < 4.78 is 6.98. The lowest BCUT2D eigenvalue weighted by Crippen LogP contribution is -2.11. The largest absolute Gasteiger partial charge is 0.490 e. The molecule has 4 heteroatoms. The predicted molar refractivity (Wildman–Crippen MR) is 55.5 cm³/mol. The molecular weight excluding hydrogens is 192 g/mol. The van der Waals surface area contributed by atoms with Gasteiger partial charge < -0.3 is 4.74 Å². The molecule has 2 heterocycles. The first-order valence-corrected chi connectivity index (χ1v) is 5.06. The van der Waals surface area contributed by atoms with E-state index in [0.29, 0.717) is 17.9 Å². The summed E-state index contributed by atoms with van der Waals surface area (Å²) in [4.78, 5) is 12.0. The summed E-state index contributed by atoms with van der Waals surface area (Å²) in [5.74, 6) is 0.414. The molecule has 80 valence electrons. The summed E-state index contributed by atoms with van der Waals surface area (Å²) in [6, 6.07) is 0. The fourth-order valence-corrected chi connectivity index (χ4v) is 1.67. The van der Waals surface area contributed by atoms with Crippen molar-refractivity contribution in [1.82, 2.24) is 9.78 Å². The Hall–Kier alpha value is -1.58. The highest BCUT2D eigenvalue weighted by atomic mass is 16.5. The van der Waals surface area contributed by atoms with E-state index >= 15 is 0 Å². The van der Waals surface area contributed by atoms with Gasteiger partial charge in [-0.25, -0.2) is 0 Å². The number of Topliss-reactive ketones (excluding diaryl/α,β-unsaturated/α-hetero) is 1. The standard InChI is InChI=1S/C11H14N2O2/c1-8-9(7-13(2)12-8)11(14)10-5-3-4-6-15-10/h5,7H,3-4,6H2,1-2H3. The van der Waals surface area contributed by atoms with Gasteiger partial charge in [0.05, 0.1) is 17.9 Å². The first-order valence-electron chi connectivity index (χ1n) is 5.06. The van der Waals surface area contributed by atoms with Crippen LogP contribution in [-0.2, 0) is 11.8 Å². The van der Waals surface area contributed by atoms with Crippen molar-refractivity contribution in [2.45, 2.75) is 19.8 Å². The molecule has 0 fully saturated rings. The average Bonchev–Trinajstić information content (AvgIpc) is 2.58. The number of ether oxygens (including phenoxy) is 1. The Bertz CT molecular complexity index is 418. The van der Waals surface area contributed by atoms with Crippen LogP contribution < -0.4 is 0 Å². The topological polar surface area (TPSA) is 44.1 Å². The number of aromatic nitrogens is 2. The third-order valence-electron chi connectivity index (χ3n) is 2.42. The SMILES string of the molecule is Cc1nn(C)cc1C(=O)C1=CCCCO1. The smallest absolute Gasteiger partial charge is 0.230 e. The lowest BCUT2D eigenvalue weighted by atomic mass is 10.1. The molecule has 1 aromatic heterocycles. The molecule has 1 aromatic rings. The minimum absolute atomic E-state index is 0.0553. The Kier molecular flexibility index (Phi) is 2.58. The van der Waals surface area contributed by atoms with E-state index in [1.54, 1.807) is 17.9 Å². The Morgan fingerprint density at radius 2 is 2.40 bits per heavy atom. The fraction of sp³-hybridized carbons (Fsp3) is 0.455. The minimum atomic E-state index is -0.0553. The van der Waals surface area contributed by atoms with Crippen molar-refractivity contribution >= 4 is 5.78 Å². The molecule has 0 saturated carbocycles. The van der Waals surface area contributed by atoms with Crippen LogP contribution in [-0.4, -0.2) is 22.2 Å². The number of hydrogen-bond acceptors (Lipinski definition) is 3. The summed E-state index contributed by atoms with van der Waals surface area (Å²) in [6.07, 6.45) is 5.50. The van der Waals surface area contributed by atoms with Gasteiger partial charge in [0.2, 0.25) is 5.78 Å². The number of nitrogens with zero attached hydrogens (tertiary/aromatic N) is 2. The van der Waals surface area contributed by atoms with Gasteiger partial charge in [-0.1, -0.05) is 0 Å². The molecule has 0 unspecified atom stereocenters. The van der Waals surface area contributed by atoms with Gasteiger partial charge in [0.15, 0.2) is 5.76 Å². The van der Waals surface area contributed by atoms with Crippen LogP contribution in [0.4, 0.5) is 0 Å². The van der Waals surface area contributed by atoms with Gasteiger partial charge in [-0.05, 0) is 25.8 Å². The molecule has 4 nitrogen and oxygen atoms in total. The second-order valence-corrected chi connectivity index (χ2v) is 3.69. The highest BCUT2D eigenvalue weighted by Gasteiger charge is 2.19. The molecule has 0 atom stereocenters. The minimum Gasteiger partial charge on any atom is -0.490 e. The zero-order chi connectivity index (χ0) is 10.8. The lowest BCUT2D eigenvalue weighted by Gasteiger charge is -2.12. The molecule has 1 aliphatic rings. The van der Waals surface area contributed by atoms with Crippen molar-refractivity contribution in [2.75, 3.05) is 6.61 Å². The Morgan fingerprint density at radius 3 is 2.93 bits per heavy atom. The van der Waals surface area contributed by atoms with Gasteiger partial charge in [-0.2, -0.15) is 5.10 Å². The molecule has 0 radical (unpaired) electrons. The molecule has 1 aliphatic heterocycles. The molecule has 0 spiro atoms. The van der Waals surface area contributed by atoms with Gasteiger partial charge in [0.25, 0.3) is 0 Å². The van der Waals surface area contributed by atoms with E-state index in [4.69, 9.17) is 4.74 Å². The summed E-state index contributed by atoms with van der Waals surface area (Å²) >= 11 is 0. The zero-order valence-corrected chi connectivity index (χ0v) is 8.99. The van der Waals surface area contributed by atoms with Gasteiger partial charge in [0.1, 0.15) is 0 Å². The number of allylic oxidation sites excluding steroid dienone is 2. The Balaban J connectivity index is 2.27. The normalized spacial score (nSPS) is 15.7. The van der Waals surface area contributed by atoms with E-state index in [-0.39, 0.29) is 5.78 Å². The molecule has 0 aliphatic carbocycles. The maximum atomic E-state index is 12.0. The molecule has 15 heavy (non-hydrogen) atoms. The highest BCUT2D eigenvalue weighted by molar-refractivity contribution is 6.07. The quantitative estimate of drug-likeness (QED) is 0.690. The van der Waals surface area contributed by atoms with Gasteiger partial charge >= 0.3 is 0 Å². The summed E-state index contributed by atoms with van der Waals surface area (Å²) in [5, 5.41) is 4.14. The molecule has 2 rings (SSSR count). The van der Waals surface area contributed by atoms with E-state index in [2.05, 4.69) is 5.10 Å². The van der Waals surface area contributed by atoms with E-state index in [9.17, 15) is 4.79 Å². The second-order valence-electron chi connectivity index (χ2n) is 3.69. The summed E-state index contributed by atoms with van der Waals surface area (Å²) in [6.45, 7) is 2.47. The molecule has 0 aromatic carbocycles. The number of rotatable bonds is 2. The van der Waals surface area contributed by atoms with Crippen LogP contribution in [0.3, 0.4) is 0 Å². The molecule has 0 amide bonds. The van der Waals surface area contributed by atoms with Crippen LogP contribution in [0.25, 0.3) is 0 Å².